The van der Waals surface area contributed by atoms with E-state index < -0.39 is 73.9 Å². The van der Waals surface area contributed by atoms with Gasteiger partial charge in [-0.2, -0.15) is 0 Å². The summed E-state index contributed by atoms with van der Waals surface area (Å²) in [5.74, 6) is -1.52. The van der Waals surface area contributed by atoms with Gasteiger partial charge in [-0.05, 0) is 19.4 Å². The minimum absolute atomic E-state index is 0.264. The highest BCUT2D eigenvalue weighted by Crippen LogP contribution is 2.30. The molecule has 2 aliphatic rings. The molecule has 0 aromatic carbocycles. The summed E-state index contributed by atoms with van der Waals surface area (Å²) in [4.78, 5) is 0. The molecule has 1 fully saturated rings. The van der Waals surface area contributed by atoms with Crippen molar-refractivity contribution in [2.75, 3.05) is 26.4 Å². The molecule has 0 aromatic rings. The molecule has 0 aliphatic carbocycles. The Kier molecular flexibility index (Phi) is 10.0. The Labute approximate surface area is 174 Å². The zero-order valence-electron chi connectivity index (χ0n) is 16.6. The van der Waals surface area contributed by atoms with Crippen LogP contribution < -0.4 is 5.73 Å². The summed E-state index contributed by atoms with van der Waals surface area (Å²) in [7, 11) is 0. The van der Waals surface area contributed by atoms with Crippen LogP contribution in [0.15, 0.2) is 11.7 Å². The quantitative estimate of drug-likeness (QED) is 0.154. The fourth-order valence-corrected chi connectivity index (χ4v) is 3.25. The van der Waals surface area contributed by atoms with Crippen LogP contribution in [-0.4, -0.2) is 111 Å². The fourth-order valence-electron chi connectivity index (χ4n) is 3.25. The monoisotopic (exact) mass is 439 g/mol. The lowest BCUT2D eigenvalue weighted by Gasteiger charge is -2.42. The van der Waals surface area contributed by atoms with E-state index in [4.69, 9.17) is 24.7 Å². The van der Waals surface area contributed by atoms with Crippen LogP contribution in [0, 0.1) is 0 Å². The van der Waals surface area contributed by atoms with Crippen LogP contribution in [0.4, 0.5) is 0 Å². The van der Waals surface area contributed by atoms with E-state index >= 15 is 0 Å². The Morgan fingerprint density at radius 2 is 1.53 bits per heavy atom. The Hall–Kier alpha value is -1.22. The van der Waals surface area contributed by atoms with E-state index in [1.807, 2.05) is 0 Å². The highest BCUT2D eigenvalue weighted by Gasteiger charge is 2.48. The average molecular weight is 439 g/mol. The molecule has 0 aromatic heterocycles. The van der Waals surface area contributed by atoms with Crippen LogP contribution in [0.2, 0.25) is 0 Å². The molecule has 176 valence electrons. The molecule has 2 rings (SSSR count). The molecule has 0 spiro atoms. The molecule has 1 saturated heterocycles. The van der Waals surface area contributed by atoms with Crippen molar-refractivity contribution in [3.05, 3.63) is 11.7 Å². The molecular weight excluding hydrogens is 406 g/mol. The molecule has 12 nitrogen and oxygen atoms in total. The Balaban J connectivity index is 1.99. The number of hydrogen-bond donors (Lipinski definition) is 8. The largest absolute Gasteiger partial charge is 0.504 e. The first-order valence-corrected chi connectivity index (χ1v) is 10.0. The standard InChI is InChI=1S/C18H33NO11/c19-5-3-1-2-4-6-27-17-15(26)13(24)16(10(8-21)29-17)30-18-14(25)12(23)11(22)9(7-20)28-18/h9-13,15-17,20-26H,1-8,19H2/t9?,10?,11-,12?,13?,15?,16+,17+/m0/s1. The molecule has 9 N–H and O–H groups in total. The number of aliphatic hydroxyl groups is 7. The minimum atomic E-state index is -1.79. The van der Waals surface area contributed by atoms with Crippen LogP contribution in [0.3, 0.4) is 0 Å². The van der Waals surface area contributed by atoms with Gasteiger partial charge in [0.2, 0.25) is 5.76 Å². The summed E-state index contributed by atoms with van der Waals surface area (Å²) in [6, 6.07) is 0. The lowest BCUT2D eigenvalue weighted by atomic mass is 9.98. The molecular formula is C18H33NO11. The summed E-state index contributed by atoms with van der Waals surface area (Å²) in [6.45, 7) is -0.426. The SMILES string of the molecule is NCCCCCCO[C@@H]1OC(CO)[C@@H](OC2=C(O)C(O)[C@@H](O)C(CO)O2)C(O)C1O. The van der Waals surface area contributed by atoms with Crippen molar-refractivity contribution >= 4 is 0 Å². The van der Waals surface area contributed by atoms with E-state index in [2.05, 4.69) is 0 Å². The van der Waals surface area contributed by atoms with E-state index in [1.165, 1.54) is 0 Å². The van der Waals surface area contributed by atoms with E-state index in [1.54, 1.807) is 0 Å². The third-order valence-corrected chi connectivity index (χ3v) is 5.08. The number of aliphatic hydroxyl groups excluding tert-OH is 7. The highest BCUT2D eigenvalue weighted by atomic mass is 16.7. The molecule has 2 aliphatic heterocycles. The Morgan fingerprint density at radius 3 is 2.17 bits per heavy atom. The third kappa shape index (κ3) is 5.93. The summed E-state index contributed by atoms with van der Waals surface area (Å²) in [5.41, 5.74) is 5.43. The smallest absolute Gasteiger partial charge is 0.322 e. The molecule has 30 heavy (non-hydrogen) atoms. The predicted molar refractivity (Wildman–Crippen MR) is 99.7 cm³/mol. The summed E-state index contributed by atoms with van der Waals surface area (Å²) in [5, 5.41) is 69.2. The van der Waals surface area contributed by atoms with Gasteiger partial charge in [-0.15, -0.1) is 0 Å². The van der Waals surface area contributed by atoms with Crippen molar-refractivity contribution < 1.29 is 54.7 Å². The topological polar surface area (TPSA) is 205 Å². The van der Waals surface area contributed by atoms with Crippen LogP contribution in [0.5, 0.6) is 0 Å². The third-order valence-electron chi connectivity index (χ3n) is 5.08. The first kappa shape index (κ1) is 25.0. The van der Waals surface area contributed by atoms with E-state index in [0.29, 0.717) is 13.0 Å². The van der Waals surface area contributed by atoms with Gasteiger partial charge in [0.25, 0.3) is 0 Å². The molecule has 5 unspecified atom stereocenters. The number of unbranched alkanes of at least 4 members (excludes halogenated alkanes) is 3. The van der Waals surface area contributed by atoms with Gasteiger partial charge in [-0.3, -0.25) is 0 Å². The maximum Gasteiger partial charge on any atom is 0.322 e. The summed E-state index contributed by atoms with van der Waals surface area (Å²) >= 11 is 0. The number of nitrogens with two attached hydrogens (primary N) is 1. The van der Waals surface area contributed by atoms with E-state index in [-0.39, 0.29) is 6.61 Å². The van der Waals surface area contributed by atoms with Gasteiger partial charge in [0.05, 0.1) is 13.2 Å². The fraction of sp³-hybridized carbons (Fsp3) is 0.889. The van der Waals surface area contributed by atoms with E-state index in [0.717, 1.165) is 19.3 Å². The van der Waals surface area contributed by atoms with Crippen molar-refractivity contribution in [1.82, 2.24) is 0 Å². The van der Waals surface area contributed by atoms with Crippen molar-refractivity contribution in [1.29, 1.82) is 0 Å². The maximum atomic E-state index is 10.5. The van der Waals surface area contributed by atoms with Crippen molar-refractivity contribution in [2.24, 2.45) is 5.73 Å². The zero-order chi connectivity index (χ0) is 22.3. The molecule has 8 atom stereocenters. The van der Waals surface area contributed by atoms with Crippen LogP contribution in [-0.2, 0) is 18.9 Å². The average Bonchev–Trinajstić information content (AvgIpc) is 2.75. The minimum Gasteiger partial charge on any atom is -0.504 e. The van der Waals surface area contributed by atoms with Gasteiger partial charge in [0.1, 0.15) is 30.5 Å². The number of ether oxygens (including phenoxy) is 4. The lowest BCUT2D eigenvalue weighted by Crippen LogP contribution is -2.60. The molecule has 0 radical (unpaired) electrons. The van der Waals surface area contributed by atoms with Crippen LogP contribution in [0.1, 0.15) is 25.7 Å². The number of rotatable bonds is 11. The van der Waals surface area contributed by atoms with Gasteiger partial charge < -0.3 is 60.4 Å². The van der Waals surface area contributed by atoms with Gasteiger partial charge >= 0.3 is 5.95 Å². The molecule has 0 amide bonds. The normalized spacial score (nSPS) is 37.2. The molecule has 12 heteroatoms. The number of hydrogen-bond acceptors (Lipinski definition) is 12. The second-order valence-corrected chi connectivity index (χ2v) is 7.31. The summed E-state index contributed by atoms with van der Waals surface area (Å²) < 4.78 is 21.5. The van der Waals surface area contributed by atoms with E-state index in [9.17, 15) is 35.7 Å². The second-order valence-electron chi connectivity index (χ2n) is 7.31. The summed E-state index contributed by atoms with van der Waals surface area (Å²) in [6.07, 6.45) is -8.15. The molecule has 0 bridgehead atoms. The molecule has 0 saturated carbocycles. The second kappa shape index (κ2) is 12.0. The van der Waals surface area contributed by atoms with Crippen molar-refractivity contribution in [2.45, 2.75) is 74.7 Å². The van der Waals surface area contributed by atoms with Gasteiger partial charge in [0, 0.05) is 6.61 Å². The Morgan fingerprint density at radius 1 is 0.867 bits per heavy atom. The van der Waals surface area contributed by atoms with Crippen molar-refractivity contribution in [3.63, 3.8) is 0 Å². The first-order valence-electron chi connectivity index (χ1n) is 10.0. The first-order chi connectivity index (χ1) is 14.3. The van der Waals surface area contributed by atoms with Crippen LogP contribution >= 0.6 is 0 Å². The zero-order valence-corrected chi connectivity index (χ0v) is 16.6. The van der Waals surface area contributed by atoms with Crippen molar-refractivity contribution in [3.8, 4) is 0 Å². The van der Waals surface area contributed by atoms with Gasteiger partial charge in [0.15, 0.2) is 18.5 Å². The van der Waals surface area contributed by atoms with Crippen LogP contribution in [0.25, 0.3) is 0 Å². The molecule has 2 heterocycles. The highest BCUT2D eigenvalue weighted by molar-refractivity contribution is 5.10. The van der Waals surface area contributed by atoms with Gasteiger partial charge in [-0.25, -0.2) is 0 Å². The maximum absolute atomic E-state index is 10.5. The lowest BCUT2D eigenvalue weighted by molar-refractivity contribution is -0.310. The Bertz CT molecular complexity index is 546. The predicted octanol–water partition coefficient (Wildman–Crippen LogP) is -2.81. The van der Waals surface area contributed by atoms with Gasteiger partial charge in [-0.1, -0.05) is 12.8 Å².